The Bertz CT molecular complexity index is 708. The van der Waals surface area contributed by atoms with Crippen molar-refractivity contribution in [1.29, 1.82) is 0 Å². The van der Waals surface area contributed by atoms with Crippen LogP contribution in [0.25, 0.3) is 11.3 Å². The van der Waals surface area contributed by atoms with Crippen LogP contribution in [0, 0.1) is 0 Å². The maximum absolute atomic E-state index is 11.8. The molecule has 1 unspecified atom stereocenters. The first kappa shape index (κ1) is 15.9. The van der Waals surface area contributed by atoms with E-state index >= 15 is 0 Å². The third-order valence-electron chi connectivity index (χ3n) is 4.12. The van der Waals surface area contributed by atoms with Crippen molar-refractivity contribution in [3.63, 3.8) is 0 Å². The van der Waals surface area contributed by atoms with E-state index in [9.17, 15) is 4.79 Å². The number of likely N-dealkylation sites (tertiary alicyclic amines) is 1. The molecule has 0 bridgehead atoms. The summed E-state index contributed by atoms with van der Waals surface area (Å²) in [4.78, 5) is 22.5. The summed E-state index contributed by atoms with van der Waals surface area (Å²) in [6.07, 6.45) is 5.18. The average molecular weight is 332 g/mol. The highest BCUT2D eigenvalue weighted by Crippen LogP contribution is 2.32. The highest BCUT2D eigenvalue weighted by Gasteiger charge is 2.27. The van der Waals surface area contributed by atoms with Crippen LogP contribution in [0.4, 0.5) is 0 Å². The number of rotatable bonds is 3. The minimum absolute atomic E-state index is 0.113. The second-order valence-electron chi connectivity index (χ2n) is 5.64. The lowest BCUT2D eigenvalue weighted by Crippen LogP contribution is -2.40. The largest absolute Gasteiger partial charge is 0.387 e. The molecule has 5 nitrogen and oxygen atoms in total. The molecular weight excluding hydrogens is 314 g/mol. The van der Waals surface area contributed by atoms with Crippen molar-refractivity contribution in [1.82, 2.24) is 14.9 Å². The van der Waals surface area contributed by atoms with E-state index in [4.69, 9.17) is 16.7 Å². The molecule has 1 saturated heterocycles. The Morgan fingerprint density at radius 1 is 1.35 bits per heavy atom. The molecule has 120 valence electrons. The van der Waals surface area contributed by atoms with Gasteiger partial charge in [0, 0.05) is 42.0 Å². The van der Waals surface area contributed by atoms with Crippen LogP contribution in [0.1, 0.15) is 24.5 Å². The minimum atomic E-state index is -0.450. The fourth-order valence-electron chi connectivity index (χ4n) is 3.03. The van der Waals surface area contributed by atoms with Gasteiger partial charge in [0.2, 0.25) is 5.91 Å². The first-order chi connectivity index (χ1) is 11.2. The normalized spacial score (nSPS) is 18.0. The van der Waals surface area contributed by atoms with E-state index in [0.717, 1.165) is 29.8 Å². The van der Waals surface area contributed by atoms with E-state index < -0.39 is 6.61 Å². The van der Waals surface area contributed by atoms with E-state index in [1.807, 2.05) is 24.3 Å². The number of carbonyl (C=O) groups is 1. The molecule has 3 rings (SSSR count). The van der Waals surface area contributed by atoms with Gasteiger partial charge in [-0.2, -0.15) is 0 Å². The molecule has 0 aliphatic carbocycles. The molecule has 1 aromatic carbocycles. The highest BCUT2D eigenvalue weighted by molar-refractivity contribution is 6.30. The summed E-state index contributed by atoms with van der Waals surface area (Å²) in [5, 5.41) is 9.73. The number of piperidine rings is 1. The van der Waals surface area contributed by atoms with E-state index in [1.54, 1.807) is 17.3 Å². The van der Waals surface area contributed by atoms with Crippen molar-refractivity contribution < 1.29 is 9.90 Å². The van der Waals surface area contributed by atoms with Gasteiger partial charge in [0.1, 0.15) is 6.61 Å². The number of hydrogen-bond acceptors (Lipinski definition) is 4. The van der Waals surface area contributed by atoms with E-state index in [2.05, 4.69) is 9.97 Å². The van der Waals surface area contributed by atoms with Crippen molar-refractivity contribution in [3.8, 4) is 11.3 Å². The number of amides is 1. The Morgan fingerprint density at radius 3 is 2.96 bits per heavy atom. The van der Waals surface area contributed by atoms with Crippen molar-refractivity contribution >= 4 is 17.5 Å². The van der Waals surface area contributed by atoms with Crippen LogP contribution in [0.3, 0.4) is 0 Å². The molecule has 0 radical (unpaired) electrons. The van der Waals surface area contributed by atoms with Crippen LogP contribution in [0.5, 0.6) is 0 Å². The first-order valence-electron chi connectivity index (χ1n) is 7.64. The lowest BCUT2D eigenvalue weighted by atomic mass is 9.91. The predicted molar refractivity (Wildman–Crippen MR) is 88.1 cm³/mol. The molecule has 1 aliphatic rings. The number of nitrogens with zero attached hydrogens (tertiary/aromatic N) is 3. The molecule has 0 saturated carbocycles. The summed E-state index contributed by atoms with van der Waals surface area (Å²) >= 11 is 6.09. The van der Waals surface area contributed by atoms with Gasteiger partial charge in [-0.1, -0.05) is 23.7 Å². The summed E-state index contributed by atoms with van der Waals surface area (Å²) in [5.74, 6) is -0.121. The van der Waals surface area contributed by atoms with Crippen molar-refractivity contribution in [3.05, 3.63) is 47.4 Å². The Kier molecular flexibility index (Phi) is 4.88. The zero-order valence-corrected chi connectivity index (χ0v) is 13.4. The molecular formula is C17H18ClN3O2. The quantitative estimate of drug-likeness (QED) is 0.938. The van der Waals surface area contributed by atoms with Gasteiger partial charge in [-0.15, -0.1) is 0 Å². The van der Waals surface area contributed by atoms with Gasteiger partial charge < -0.3 is 10.0 Å². The first-order valence-corrected chi connectivity index (χ1v) is 8.02. The molecule has 1 fully saturated rings. The fourth-order valence-corrected chi connectivity index (χ4v) is 3.22. The third-order valence-corrected chi connectivity index (χ3v) is 4.36. The number of carbonyl (C=O) groups excluding carboxylic acids is 1. The molecule has 1 aliphatic heterocycles. The zero-order chi connectivity index (χ0) is 16.2. The van der Waals surface area contributed by atoms with Crippen LogP contribution in [-0.4, -0.2) is 45.6 Å². The molecule has 1 aromatic heterocycles. The van der Waals surface area contributed by atoms with Gasteiger partial charge in [0.25, 0.3) is 0 Å². The lowest BCUT2D eigenvalue weighted by Gasteiger charge is -2.32. The summed E-state index contributed by atoms with van der Waals surface area (Å²) in [6.45, 7) is 0.794. The highest BCUT2D eigenvalue weighted by atomic mass is 35.5. The van der Waals surface area contributed by atoms with Crippen molar-refractivity contribution in [2.75, 3.05) is 19.7 Å². The van der Waals surface area contributed by atoms with Crippen LogP contribution >= 0.6 is 11.6 Å². The second-order valence-corrected chi connectivity index (χ2v) is 6.07. The summed E-state index contributed by atoms with van der Waals surface area (Å²) in [7, 11) is 0. The van der Waals surface area contributed by atoms with Crippen molar-refractivity contribution in [2.24, 2.45) is 0 Å². The third kappa shape index (κ3) is 3.51. The molecule has 6 heteroatoms. The van der Waals surface area contributed by atoms with Crippen LogP contribution < -0.4 is 0 Å². The molecule has 2 heterocycles. The van der Waals surface area contributed by atoms with Crippen LogP contribution in [0.2, 0.25) is 5.02 Å². The van der Waals surface area contributed by atoms with Gasteiger partial charge in [-0.3, -0.25) is 14.8 Å². The van der Waals surface area contributed by atoms with Crippen molar-refractivity contribution in [2.45, 2.75) is 18.8 Å². The number of benzene rings is 1. The van der Waals surface area contributed by atoms with Gasteiger partial charge in [0.15, 0.2) is 0 Å². The predicted octanol–water partition coefficient (Wildman–Crippen LogP) is 2.50. The number of aliphatic hydroxyl groups is 1. The number of aromatic nitrogens is 2. The minimum Gasteiger partial charge on any atom is -0.387 e. The molecule has 1 atom stereocenters. The number of aliphatic hydroxyl groups excluding tert-OH is 1. The van der Waals surface area contributed by atoms with Gasteiger partial charge in [0.05, 0.1) is 11.4 Å². The lowest BCUT2D eigenvalue weighted by molar-refractivity contribution is -0.135. The van der Waals surface area contributed by atoms with E-state index in [0.29, 0.717) is 18.1 Å². The molecule has 0 spiro atoms. The number of hydrogen-bond donors (Lipinski definition) is 1. The van der Waals surface area contributed by atoms with Crippen LogP contribution in [0.15, 0.2) is 36.7 Å². The second kappa shape index (κ2) is 7.06. The average Bonchev–Trinajstić information content (AvgIpc) is 2.61. The topological polar surface area (TPSA) is 66.3 Å². The Labute approximate surface area is 139 Å². The monoisotopic (exact) mass is 331 g/mol. The summed E-state index contributed by atoms with van der Waals surface area (Å²) < 4.78 is 0. The van der Waals surface area contributed by atoms with Gasteiger partial charge >= 0.3 is 0 Å². The smallest absolute Gasteiger partial charge is 0.248 e. The molecule has 1 N–H and O–H groups in total. The Balaban J connectivity index is 1.93. The maximum Gasteiger partial charge on any atom is 0.248 e. The zero-order valence-electron chi connectivity index (χ0n) is 12.7. The summed E-state index contributed by atoms with van der Waals surface area (Å²) in [5.41, 5.74) is 2.61. The molecule has 2 aromatic rings. The van der Waals surface area contributed by atoms with Gasteiger partial charge in [-0.25, -0.2) is 0 Å². The fraction of sp³-hybridized carbons (Fsp3) is 0.353. The Hall–Kier alpha value is -1.98. The standard InChI is InChI=1S/C17H18ClN3O2/c18-14-5-1-3-12(9-14)16-17(20-7-6-19-16)13-4-2-8-21(10-13)15(23)11-22/h1,3,5-7,9,13,22H,2,4,8,10-11H2. The molecule has 1 amide bonds. The Morgan fingerprint density at radius 2 is 2.17 bits per heavy atom. The van der Waals surface area contributed by atoms with Gasteiger partial charge in [-0.05, 0) is 25.0 Å². The van der Waals surface area contributed by atoms with E-state index in [1.165, 1.54) is 0 Å². The SMILES string of the molecule is O=C(CO)N1CCCC(c2nccnc2-c2cccc(Cl)c2)C1. The van der Waals surface area contributed by atoms with Crippen LogP contribution in [-0.2, 0) is 4.79 Å². The maximum atomic E-state index is 11.8. The molecule has 23 heavy (non-hydrogen) atoms. The van der Waals surface area contributed by atoms with E-state index in [-0.39, 0.29) is 11.8 Å². The number of halogens is 1. The summed E-state index contributed by atoms with van der Waals surface area (Å²) in [6, 6.07) is 7.54.